The Bertz CT molecular complexity index is 1320. The van der Waals surface area contributed by atoms with E-state index in [-0.39, 0.29) is 28.3 Å². The van der Waals surface area contributed by atoms with Gasteiger partial charge in [0.15, 0.2) is 5.69 Å². The summed E-state index contributed by atoms with van der Waals surface area (Å²) >= 11 is 0. The number of nitrogens with zero attached hydrogens (tertiary/aromatic N) is 3. The molecule has 3 aromatic rings. The molecule has 0 aliphatic carbocycles. The van der Waals surface area contributed by atoms with Gasteiger partial charge in [0.05, 0.1) is 4.92 Å². The van der Waals surface area contributed by atoms with Gasteiger partial charge in [-0.15, -0.1) is 0 Å². The largest absolute Gasteiger partial charge is 0.405 e. The number of para-hydroxylation sites is 2. The van der Waals surface area contributed by atoms with Crippen LogP contribution in [0.1, 0.15) is 26.5 Å². The summed E-state index contributed by atoms with van der Waals surface area (Å²) in [4.78, 5) is 47.5. The first-order valence-electron chi connectivity index (χ1n) is 9.57. The van der Waals surface area contributed by atoms with Crippen molar-refractivity contribution in [3.63, 3.8) is 0 Å². The summed E-state index contributed by atoms with van der Waals surface area (Å²) in [5.41, 5.74) is -1.19. The molecule has 0 unspecified atom stereocenters. The molecule has 2 amide bonds. The highest BCUT2D eigenvalue weighted by atomic mass is 19.4. The first-order valence-corrected chi connectivity index (χ1v) is 9.57. The molecule has 2 N–H and O–H groups in total. The summed E-state index contributed by atoms with van der Waals surface area (Å²) in [6.07, 6.45) is -4.56. The van der Waals surface area contributed by atoms with E-state index in [9.17, 15) is 37.7 Å². The summed E-state index contributed by atoms with van der Waals surface area (Å²) in [7, 11) is 0. The minimum Gasteiger partial charge on any atom is -0.343 e. The third-order valence-electron chi connectivity index (χ3n) is 4.48. The van der Waals surface area contributed by atoms with Crippen molar-refractivity contribution in [1.82, 2.24) is 15.1 Å². The molecular weight excluding hydrogens is 459 g/mol. The fourth-order valence-electron chi connectivity index (χ4n) is 2.92. The number of nitro benzene ring substituents is 1. The van der Waals surface area contributed by atoms with Crippen molar-refractivity contribution in [3.8, 4) is 5.69 Å². The van der Waals surface area contributed by atoms with Crippen LogP contribution in [0.15, 0.2) is 59.4 Å². The summed E-state index contributed by atoms with van der Waals surface area (Å²) in [5, 5.41) is 19.4. The number of hydrogen-bond acceptors (Lipinski definition) is 6. The van der Waals surface area contributed by atoms with Gasteiger partial charge in [-0.2, -0.15) is 18.3 Å². The Morgan fingerprint density at radius 3 is 2.35 bits per heavy atom. The quantitative estimate of drug-likeness (QED) is 0.416. The fourth-order valence-corrected chi connectivity index (χ4v) is 2.92. The lowest BCUT2D eigenvalue weighted by Crippen LogP contribution is -2.33. The van der Waals surface area contributed by atoms with Gasteiger partial charge in [-0.3, -0.25) is 24.5 Å². The number of alkyl halides is 3. The number of amides is 2. The monoisotopic (exact) mass is 475 g/mol. The number of halogens is 3. The molecule has 0 aliphatic rings. The average Bonchev–Trinajstić information content (AvgIpc) is 2.77. The number of benzene rings is 2. The van der Waals surface area contributed by atoms with Gasteiger partial charge in [-0.1, -0.05) is 12.1 Å². The van der Waals surface area contributed by atoms with Gasteiger partial charge in [-0.25, -0.2) is 4.68 Å². The third-order valence-corrected chi connectivity index (χ3v) is 4.48. The summed E-state index contributed by atoms with van der Waals surface area (Å²) in [5.74, 6) is -1.88. The Hall–Kier alpha value is -4.55. The molecule has 1 heterocycles. The van der Waals surface area contributed by atoms with Gasteiger partial charge in [0.1, 0.15) is 12.2 Å². The maximum atomic E-state index is 12.7. The van der Waals surface area contributed by atoms with Crippen LogP contribution in [-0.2, 0) is 0 Å². The normalized spacial score (nSPS) is 11.1. The predicted octanol–water partition coefficient (Wildman–Crippen LogP) is 2.99. The molecule has 3 rings (SSSR count). The average molecular weight is 475 g/mol. The van der Waals surface area contributed by atoms with Crippen molar-refractivity contribution < 1.29 is 27.7 Å². The molecule has 0 radical (unpaired) electrons. The number of carbonyl (C=O) groups excluding carboxylic acids is 2. The maximum absolute atomic E-state index is 12.7. The van der Waals surface area contributed by atoms with Crippen molar-refractivity contribution in [1.29, 1.82) is 0 Å². The Balaban J connectivity index is 1.83. The lowest BCUT2D eigenvalue weighted by Gasteiger charge is -2.12. The molecule has 0 saturated heterocycles. The van der Waals surface area contributed by atoms with Crippen LogP contribution in [0.25, 0.3) is 5.69 Å². The van der Waals surface area contributed by atoms with Gasteiger partial charge in [0, 0.05) is 29.1 Å². The van der Waals surface area contributed by atoms with Crippen molar-refractivity contribution in [3.05, 3.63) is 91.9 Å². The van der Waals surface area contributed by atoms with E-state index in [0.29, 0.717) is 0 Å². The Morgan fingerprint density at radius 2 is 1.74 bits per heavy atom. The van der Waals surface area contributed by atoms with E-state index in [2.05, 4.69) is 10.4 Å². The van der Waals surface area contributed by atoms with Gasteiger partial charge < -0.3 is 10.6 Å². The third kappa shape index (κ3) is 5.62. The molecule has 2 aromatic carbocycles. The van der Waals surface area contributed by atoms with Crippen molar-refractivity contribution in [2.75, 3.05) is 11.9 Å². The van der Waals surface area contributed by atoms with Crippen LogP contribution in [-0.4, -0.2) is 39.2 Å². The molecule has 0 spiro atoms. The standard InChI is InChI=1S/C21H16F3N5O5/c1-12-10-17(30)18(27-28(12)15-4-2-3-5-16(15)29(33)34)20(32)26-14-8-6-13(7-9-14)19(31)25-11-21(22,23)24/h2-10H,11H2,1H3,(H,25,31)(H,26,32). The van der Waals surface area contributed by atoms with Crippen LogP contribution in [0.2, 0.25) is 0 Å². The van der Waals surface area contributed by atoms with Crippen molar-refractivity contribution >= 4 is 23.2 Å². The smallest absolute Gasteiger partial charge is 0.343 e. The lowest BCUT2D eigenvalue weighted by atomic mass is 10.2. The number of carbonyl (C=O) groups is 2. The van der Waals surface area contributed by atoms with Gasteiger partial charge >= 0.3 is 6.18 Å². The van der Waals surface area contributed by atoms with E-state index >= 15 is 0 Å². The van der Waals surface area contributed by atoms with Crippen LogP contribution >= 0.6 is 0 Å². The molecule has 1 aromatic heterocycles. The van der Waals surface area contributed by atoms with Gasteiger partial charge in [-0.05, 0) is 37.3 Å². The SMILES string of the molecule is Cc1cc(=O)c(C(=O)Nc2ccc(C(=O)NCC(F)(F)F)cc2)nn1-c1ccccc1[N+](=O)[O-]. The van der Waals surface area contributed by atoms with Crippen LogP contribution in [0.4, 0.5) is 24.5 Å². The zero-order chi connectivity index (χ0) is 25.0. The zero-order valence-corrected chi connectivity index (χ0v) is 17.4. The summed E-state index contributed by atoms with van der Waals surface area (Å²) in [6.45, 7) is 0.00460. The molecule has 0 atom stereocenters. The van der Waals surface area contributed by atoms with Crippen LogP contribution in [0.3, 0.4) is 0 Å². The molecule has 176 valence electrons. The van der Waals surface area contributed by atoms with E-state index in [1.807, 2.05) is 0 Å². The molecule has 34 heavy (non-hydrogen) atoms. The number of aryl methyl sites for hydroxylation is 1. The highest BCUT2D eigenvalue weighted by molar-refractivity contribution is 6.03. The second kappa shape index (κ2) is 9.52. The predicted molar refractivity (Wildman–Crippen MR) is 114 cm³/mol. The van der Waals surface area contributed by atoms with Crippen LogP contribution in [0, 0.1) is 17.0 Å². The van der Waals surface area contributed by atoms with Crippen LogP contribution < -0.4 is 16.1 Å². The molecule has 13 heteroatoms. The highest BCUT2D eigenvalue weighted by Gasteiger charge is 2.28. The van der Waals surface area contributed by atoms with E-state index in [4.69, 9.17) is 0 Å². The van der Waals surface area contributed by atoms with Crippen LogP contribution in [0.5, 0.6) is 0 Å². The first-order chi connectivity index (χ1) is 16.0. The number of nitro groups is 1. The first kappa shape index (κ1) is 24.1. The fraction of sp³-hybridized carbons (Fsp3) is 0.143. The summed E-state index contributed by atoms with van der Waals surface area (Å²) in [6, 6.07) is 11.7. The zero-order valence-electron chi connectivity index (χ0n) is 17.4. The van der Waals surface area contributed by atoms with Crippen molar-refractivity contribution in [2.24, 2.45) is 0 Å². The Labute approximate surface area is 189 Å². The molecule has 0 fully saturated rings. The molecule has 0 aliphatic heterocycles. The van der Waals surface area contributed by atoms with E-state index in [1.54, 1.807) is 5.32 Å². The number of rotatable bonds is 6. The van der Waals surface area contributed by atoms with Crippen molar-refractivity contribution in [2.45, 2.75) is 13.1 Å². The lowest BCUT2D eigenvalue weighted by molar-refractivity contribution is -0.384. The number of aromatic nitrogens is 2. The Kier molecular flexibility index (Phi) is 6.75. The number of hydrogen-bond donors (Lipinski definition) is 2. The minimum absolute atomic E-state index is 0.0493. The molecule has 10 nitrogen and oxygen atoms in total. The molecule has 0 saturated carbocycles. The second-order valence-electron chi connectivity index (χ2n) is 6.99. The minimum atomic E-state index is -4.56. The second-order valence-corrected chi connectivity index (χ2v) is 6.99. The molecular formula is C21H16F3N5O5. The van der Waals surface area contributed by atoms with E-state index in [1.165, 1.54) is 55.5 Å². The number of nitrogens with one attached hydrogen (secondary N) is 2. The van der Waals surface area contributed by atoms with Gasteiger partial charge in [0.2, 0.25) is 5.43 Å². The van der Waals surface area contributed by atoms with E-state index < -0.39 is 40.6 Å². The van der Waals surface area contributed by atoms with E-state index in [0.717, 1.165) is 10.7 Å². The number of anilines is 1. The Morgan fingerprint density at radius 1 is 1.09 bits per heavy atom. The topological polar surface area (TPSA) is 136 Å². The highest BCUT2D eigenvalue weighted by Crippen LogP contribution is 2.22. The maximum Gasteiger partial charge on any atom is 0.405 e. The van der Waals surface area contributed by atoms with Gasteiger partial charge in [0.25, 0.3) is 17.5 Å². The summed E-state index contributed by atoms with van der Waals surface area (Å²) < 4.78 is 37.8. The molecule has 0 bridgehead atoms.